The lowest BCUT2D eigenvalue weighted by molar-refractivity contribution is -0.115. The van der Waals surface area contributed by atoms with Crippen LogP contribution in [0.5, 0.6) is 0 Å². The van der Waals surface area contributed by atoms with Gasteiger partial charge in [0.1, 0.15) is 0 Å². The molecule has 0 fully saturated rings. The van der Waals surface area contributed by atoms with Crippen molar-refractivity contribution in [2.45, 2.75) is 0 Å². The topological polar surface area (TPSA) is 40.5 Å². The Kier molecular flexibility index (Phi) is 3.42. The van der Waals surface area contributed by atoms with Crippen molar-refractivity contribution in [3.8, 4) is 0 Å². The Balaban J connectivity index is 2.81. The first-order valence-corrected chi connectivity index (χ1v) is 4.28. The lowest BCUT2D eigenvalue weighted by atomic mass is 10.2. The number of rotatable bonds is 3. The number of amides is 1. The molecule has 0 saturated carbocycles. The first kappa shape index (κ1) is 10.5. The Bertz CT molecular complexity index is 332. The fraction of sp³-hybridized carbons (Fsp3) is 0.182. The van der Waals surface area contributed by atoms with Crippen LogP contribution in [0.2, 0.25) is 0 Å². The zero-order valence-electron chi connectivity index (χ0n) is 8.10. The number of benzene rings is 1. The third kappa shape index (κ3) is 2.20. The summed E-state index contributed by atoms with van der Waals surface area (Å²) < 4.78 is 0. The van der Waals surface area contributed by atoms with Gasteiger partial charge in [-0.05, 0) is 12.1 Å². The van der Waals surface area contributed by atoms with Crippen molar-refractivity contribution in [3.05, 3.63) is 42.5 Å². The summed E-state index contributed by atoms with van der Waals surface area (Å²) in [6.07, 6.45) is 0. The predicted octanol–water partition coefficient (Wildman–Crippen LogP) is 1.20. The molecule has 0 radical (unpaired) electrons. The summed E-state index contributed by atoms with van der Waals surface area (Å²) in [7, 11) is 1.65. The second kappa shape index (κ2) is 4.58. The van der Waals surface area contributed by atoms with E-state index in [9.17, 15) is 4.79 Å². The van der Waals surface area contributed by atoms with Gasteiger partial charge in [0.05, 0.1) is 6.61 Å². The summed E-state index contributed by atoms with van der Waals surface area (Å²) in [5.41, 5.74) is 0.975. The first-order valence-electron chi connectivity index (χ1n) is 4.28. The van der Waals surface area contributed by atoms with Crippen molar-refractivity contribution >= 4 is 11.6 Å². The number of aliphatic hydroxyl groups excluding tert-OH is 1. The van der Waals surface area contributed by atoms with Crippen LogP contribution in [0.3, 0.4) is 0 Å². The summed E-state index contributed by atoms with van der Waals surface area (Å²) in [5, 5.41) is 8.75. The molecule has 0 aliphatic rings. The van der Waals surface area contributed by atoms with Crippen LogP contribution in [0.1, 0.15) is 0 Å². The van der Waals surface area contributed by atoms with Gasteiger partial charge in [0.2, 0.25) is 0 Å². The molecule has 0 unspecified atom stereocenters. The monoisotopic (exact) mass is 191 g/mol. The number of para-hydroxylation sites is 1. The molecule has 1 N–H and O–H groups in total. The highest BCUT2D eigenvalue weighted by Crippen LogP contribution is 2.12. The van der Waals surface area contributed by atoms with E-state index >= 15 is 0 Å². The van der Waals surface area contributed by atoms with E-state index < -0.39 is 0 Å². The van der Waals surface area contributed by atoms with E-state index in [-0.39, 0.29) is 18.1 Å². The summed E-state index contributed by atoms with van der Waals surface area (Å²) in [4.78, 5) is 13.0. The van der Waals surface area contributed by atoms with Gasteiger partial charge in [-0.3, -0.25) is 4.79 Å². The van der Waals surface area contributed by atoms with Crippen molar-refractivity contribution in [1.29, 1.82) is 0 Å². The zero-order valence-corrected chi connectivity index (χ0v) is 8.10. The van der Waals surface area contributed by atoms with Crippen molar-refractivity contribution in [2.24, 2.45) is 0 Å². The van der Waals surface area contributed by atoms with Crippen LogP contribution in [0.4, 0.5) is 5.69 Å². The molecule has 0 atom stereocenters. The largest absolute Gasteiger partial charge is 0.391 e. The number of nitrogens with zero attached hydrogens (tertiary/aromatic N) is 1. The van der Waals surface area contributed by atoms with Crippen molar-refractivity contribution in [3.63, 3.8) is 0 Å². The van der Waals surface area contributed by atoms with Crippen LogP contribution in [0.25, 0.3) is 0 Å². The Hall–Kier alpha value is -1.61. The van der Waals surface area contributed by atoms with Gasteiger partial charge >= 0.3 is 0 Å². The average molecular weight is 191 g/mol. The predicted molar refractivity (Wildman–Crippen MR) is 56.1 cm³/mol. The van der Waals surface area contributed by atoms with Gasteiger partial charge in [-0.2, -0.15) is 0 Å². The molecule has 3 nitrogen and oxygen atoms in total. The highest BCUT2D eigenvalue weighted by atomic mass is 16.3. The number of likely N-dealkylation sites (N-methyl/N-ethyl adjacent to an activating group) is 1. The summed E-state index contributed by atoms with van der Waals surface area (Å²) in [5.74, 6) is -0.265. The van der Waals surface area contributed by atoms with Crippen molar-refractivity contribution < 1.29 is 9.90 Å². The maximum absolute atomic E-state index is 11.5. The maximum atomic E-state index is 11.5. The molecule has 0 bridgehead atoms. The van der Waals surface area contributed by atoms with E-state index in [1.54, 1.807) is 7.05 Å². The molecule has 1 amide bonds. The molecule has 1 aromatic carbocycles. The quantitative estimate of drug-likeness (QED) is 0.729. The van der Waals surface area contributed by atoms with Crippen LogP contribution in [0, 0.1) is 0 Å². The molecule has 0 aliphatic carbocycles. The SMILES string of the molecule is C=C(CO)C(=O)N(C)c1ccccc1. The number of carbonyl (C=O) groups excluding carboxylic acids is 1. The highest BCUT2D eigenvalue weighted by Gasteiger charge is 2.12. The highest BCUT2D eigenvalue weighted by molar-refractivity contribution is 6.04. The van der Waals surface area contributed by atoms with Crippen LogP contribution in [-0.2, 0) is 4.79 Å². The second-order valence-corrected chi connectivity index (χ2v) is 2.96. The molecule has 0 aromatic heterocycles. The van der Waals surface area contributed by atoms with Crippen LogP contribution in [0.15, 0.2) is 42.5 Å². The van der Waals surface area contributed by atoms with Gasteiger partial charge in [-0.25, -0.2) is 0 Å². The van der Waals surface area contributed by atoms with Gasteiger partial charge in [0.15, 0.2) is 0 Å². The van der Waals surface area contributed by atoms with E-state index in [1.807, 2.05) is 30.3 Å². The van der Waals surface area contributed by atoms with E-state index in [0.717, 1.165) is 5.69 Å². The standard InChI is InChI=1S/C11H13NO2/c1-9(8-13)11(14)12(2)10-6-4-3-5-7-10/h3-7,13H,1,8H2,2H3. The maximum Gasteiger partial charge on any atom is 0.255 e. The second-order valence-electron chi connectivity index (χ2n) is 2.96. The van der Waals surface area contributed by atoms with Crippen LogP contribution >= 0.6 is 0 Å². The lowest BCUT2D eigenvalue weighted by Gasteiger charge is -2.17. The minimum atomic E-state index is -0.310. The number of hydrogen-bond donors (Lipinski definition) is 1. The van der Waals surface area contributed by atoms with Gasteiger partial charge in [0.25, 0.3) is 5.91 Å². The van der Waals surface area contributed by atoms with E-state index in [2.05, 4.69) is 6.58 Å². The Morgan fingerprint density at radius 1 is 1.43 bits per heavy atom. The van der Waals surface area contributed by atoms with Gasteiger partial charge in [-0.15, -0.1) is 0 Å². The number of carbonyl (C=O) groups is 1. The lowest BCUT2D eigenvalue weighted by Crippen LogP contribution is -2.28. The van der Waals surface area contributed by atoms with Gasteiger partial charge < -0.3 is 10.0 Å². The molecule has 1 aromatic rings. The Morgan fingerprint density at radius 3 is 2.50 bits per heavy atom. The third-order valence-corrected chi connectivity index (χ3v) is 1.94. The molecular formula is C11H13NO2. The molecule has 0 heterocycles. The van der Waals surface area contributed by atoms with Crippen LogP contribution < -0.4 is 4.90 Å². The molecule has 0 spiro atoms. The summed E-state index contributed by atoms with van der Waals surface area (Å²) >= 11 is 0. The number of aliphatic hydroxyl groups is 1. The minimum absolute atomic E-state index is 0.191. The third-order valence-electron chi connectivity index (χ3n) is 1.94. The smallest absolute Gasteiger partial charge is 0.255 e. The van der Waals surface area contributed by atoms with E-state index in [1.165, 1.54) is 4.90 Å². The molecule has 0 saturated heterocycles. The fourth-order valence-corrected chi connectivity index (χ4v) is 1.07. The summed E-state index contributed by atoms with van der Waals surface area (Å²) in [6.45, 7) is 3.17. The van der Waals surface area contributed by atoms with Crippen molar-refractivity contribution in [2.75, 3.05) is 18.6 Å². The summed E-state index contributed by atoms with van der Waals surface area (Å²) in [6, 6.07) is 9.22. The molecule has 74 valence electrons. The fourth-order valence-electron chi connectivity index (χ4n) is 1.07. The molecule has 14 heavy (non-hydrogen) atoms. The van der Waals surface area contributed by atoms with Crippen molar-refractivity contribution in [1.82, 2.24) is 0 Å². The molecule has 0 aliphatic heterocycles. The average Bonchev–Trinajstić information content (AvgIpc) is 2.27. The van der Waals surface area contributed by atoms with Gasteiger partial charge in [0, 0.05) is 18.3 Å². The van der Waals surface area contributed by atoms with E-state index in [0.29, 0.717) is 0 Å². The molecule has 1 rings (SSSR count). The Morgan fingerprint density at radius 2 is 2.00 bits per heavy atom. The molecular weight excluding hydrogens is 178 g/mol. The normalized spacial score (nSPS) is 9.57. The number of anilines is 1. The van der Waals surface area contributed by atoms with E-state index in [4.69, 9.17) is 5.11 Å². The first-order chi connectivity index (χ1) is 6.66. The Labute approximate surface area is 83.3 Å². The van der Waals surface area contributed by atoms with Gasteiger partial charge in [-0.1, -0.05) is 24.8 Å². The number of hydrogen-bond acceptors (Lipinski definition) is 2. The molecule has 3 heteroatoms. The zero-order chi connectivity index (χ0) is 10.6. The van der Waals surface area contributed by atoms with Crippen LogP contribution in [-0.4, -0.2) is 24.7 Å². The minimum Gasteiger partial charge on any atom is -0.391 e.